The van der Waals surface area contributed by atoms with Crippen LogP contribution in [-0.2, 0) is 6.54 Å². The lowest BCUT2D eigenvalue weighted by molar-refractivity contribution is 0.380. The summed E-state index contributed by atoms with van der Waals surface area (Å²) in [6, 6.07) is 2.77. The predicted octanol–water partition coefficient (Wildman–Crippen LogP) is 4.17. The van der Waals surface area contributed by atoms with E-state index in [1.54, 1.807) is 11.3 Å². The Bertz CT molecular complexity index is 319. The first-order chi connectivity index (χ1) is 7.78. The maximum Gasteiger partial charge on any atom is 0.0516 e. The molecule has 1 aromatic heterocycles. The van der Waals surface area contributed by atoms with E-state index in [0.717, 1.165) is 16.8 Å². The molecule has 0 amide bonds. The molecular formula is C12H18ClNS2. The van der Waals surface area contributed by atoms with Crippen molar-refractivity contribution in [2.24, 2.45) is 0 Å². The number of nitrogens with one attached hydrogen (secondary N) is 1. The summed E-state index contributed by atoms with van der Waals surface area (Å²) in [5.41, 5.74) is 0. The first kappa shape index (κ1) is 12.7. The lowest BCUT2D eigenvalue weighted by atomic mass is 9.95. The van der Waals surface area contributed by atoms with Crippen molar-refractivity contribution in [2.45, 2.75) is 43.5 Å². The van der Waals surface area contributed by atoms with E-state index < -0.39 is 0 Å². The van der Waals surface area contributed by atoms with Gasteiger partial charge in [0.15, 0.2) is 0 Å². The van der Waals surface area contributed by atoms with Crippen molar-refractivity contribution in [1.82, 2.24) is 5.32 Å². The Morgan fingerprint density at radius 3 is 2.75 bits per heavy atom. The highest BCUT2D eigenvalue weighted by Gasteiger charge is 2.19. The van der Waals surface area contributed by atoms with Crippen LogP contribution in [0.4, 0.5) is 0 Å². The monoisotopic (exact) mass is 275 g/mol. The number of hydrogen-bond acceptors (Lipinski definition) is 3. The summed E-state index contributed by atoms with van der Waals surface area (Å²) in [5.74, 6) is 0. The Balaban J connectivity index is 1.71. The SMILES string of the molecule is CSC1CCC(NCc2cc(Cl)cs2)CC1. The fraction of sp³-hybridized carbons (Fsp3) is 0.667. The van der Waals surface area contributed by atoms with Gasteiger partial charge in [0.25, 0.3) is 0 Å². The summed E-state index contributed by atoms with van der Waals surface area (Å²) in [4.78, 5) is 1.34. The summed E-state index contributed by atoms with van der Waals surface area (Å²) < 4.78 is 0. The molecule has 0 bridgehead atoms. The van der Waals surface area contributed by atoms with Gasteiger partial charge in [-0.2, -0.15) is 11.8 Å². The van der Waals surface area contributed by atoms with E-state index in [0.29, 0.717) is 6.04 Å². The minimum atomic E-state index is 0.712. The molecule has 1 heterocycles. The Labute approximate surface area is 111 Å². The van der Waals surface area contributed by atoms with Crippen molar-refractivity contribution in [3.8, 4) is 0 Å². The number of rotatable bonds is 4. The highest BCUT2D eigenvalue weighted by molar-refractivity contribution is 7.99. The van der Waals surface area contributed by atoms with Gasteiger partial charge in [-0.1, -0.05) is 11.6 Å². The van der Waals surface area contributed by atoms with Gasteiger partial charge < -0.3 is 5.32 Å². The molecule has 4 heteroatoms. The van der Waals surface area contributed by atoms with E-state index in [-0.39, 0.29) is 0 Å². The topological polar surface area (TPSA) is 12.0 Å². The normalized spacial score (nSPS) is 25.9. The van der Waals surface area contributed by atoms with Gasteiger partial charge in [0, 0.05) is 28.1 Å². The van der Waals surface area contributed by atoms with E-state index in [1.165, 1.54) is 30.6 Å². The molecule has 16 heavy (non-hydrogen) atoms. The van der Waals surface area contributed by atoms with Crippen molar-refractivity contribution < 1.29 is 0 Å². The second-order valence-corrected chi connectivity index (χ2v) is 6.89. The highest BCUT2D eigenvalue weighted by Crippen LogP contribution is 2.27. The van der Waals surface area contributed by atoms with Gasteiger partial charge >= 0.3 is 0 Å². The Kier molecular flexibility index (Phi) is 5.01. The summed E-state index contributed by atoms with van der Waals surface area (Å²) in [7, 11) is 0. The molecule has 0 spiro atoms. The quantitative estimate of drug-likeness (QED) is 0.885. The molecule has 0 saturated heterocycles. The summed E-state index contributed by atoms with van der Waals surface area (Å²) in [6.45, 7) is 0.978. The smallest absolute Gasteiger partial charge is 0.0516 e. The van der Waals surface area contributed by atoms with Crippen LogP contribution in [0.2, 0.25) is 5.02 Å². The standard InChI is InChI=1S/C12H18ClNS2/c1-15-11-4-2-10(3-5-11)14-7-12-6-9(13)8-16-12/h6,8,10-11,14H,2-5,7H2,1H3. The predicted molar refractivity (Wildman–Crippen MR) is 75.7 cm³/mol. The third-order valence-corrected chi connectivity index (χ3v) is 5.62. The zero-order valence-corrected chi connectivity index (χ0v) is 11.9. The Morgan fingerprint density at radius 1 is 1.44 bits per heavy atom. The molecule has 0 unspecified atom stereocenters. The van der Waals surface area contributed by atoms with Crippen LogP contribution in [-0.4, -0.2) is 17.5 Å². The van der Waals surface area contributed by atoms with Crippen LogP contribution in [0.1, 0.15) is 30.6 Å². The minimum Gasteiger partial charge on any atom is -0.309 e. The van der Waals surface area contributed by atoms with Crippen LogP contribution in [0.15, 0.2) is 11.4 Å². The van der Waals surface area contributed by atoms with Crippen LogP contribution < -0.4 is 5.32 Å². The van der Waals surface area contributed by atoms with Gasteiger partial charge in [-0.3, -0.25) is 0 Å². The van der Waals surface area contributed by atoms with Crippen LogP contribution in [0.3, 0.4) is 0 Å². The first-order valence-electron chi connectivity index (χ1n) is 5.77. The van der Waals surface area contributed by atoms with E-state index in [9.17, 15) is 0 Å². The lowest BCUT2D eigenvalue weighted by Gasteiger charge is -2.28. The average molecular weight is 276 g/mol. The second kappa shape index (κ2) is 6.29. The molecule has 0 atom stereocenters. The van der Waals surface area contributed by atoms with E-state index >= 15 is 0 Å². The fourth-order valence-electron chi connectivity index (χ4n) is 2.19. The van der Waals surface area contributed by atoms with Crippen LogP contribution in [0.25, 0.3) is 0 Å². The molecular weight excluding hydrogens is 258 g/mol. The van der Waals surface area contributed by atoms with Crippen molar-refractivity contribution in [2.75, 3.05) is 6.26 Å². The molecule has 0 aromatic carbocycles. The Hall–Kier alpha value is 0.300. The van der Waals surface area contributed by atoms with Crippen molar-refractivity contribution in [3.63, 3.8) is 0 Å². The number of hydrogen-bond donors (Lipinski definition) is 1. The van der Waals surface area contributed by atoms with Crippen LogP contribution >= 0.6 is 34.7 Å². The van der Waals surface area contributed by atoms with Crippen molar-refractivity contribution >= 4 is 34.7 Å². The fourth-order valence-corrected chi connectivity index (χ4v) is 3.96. The van der Waals surface area contributed by atoms with E-state index in [4.69, 9.17) is 11.6 Å². The van der Waals surface area contributed by atoms with Crippen LogP contribution in [0.5, 0.6) is 0 Å². The van der Waals surface area contributed by atoms with Gasteiger partial charge in [-0.25, -0.2) is 0 Å². The zero-order valence-electron chi connectivity index (χ0n) is 9.54. The van der Waals surface area contributed by atoms with E-state index in [2.05, 4.69) is 17.6 Å². The molecule has 0 radical (unpaired) electrons. The Morgan fingerprint density at radius 2 is 2.19 bits per heavy atom. The molecule has 1 nitrogen and oxygen atoms in total. The summed E-state index contributed by atoms with van der Waals surface area (Å²) in [6.07, 6.45) is 7.61. The highest BCUT2D eigenvalue weighted by atomic mass is 35.5. The van der Waals surface area contributed by atoms with Gasteiger partial charge in [0.1, 0.15) is 0 Å². The molecule has 90 valence electrons. The third kappa shape index (κ3) is 3.66. The zero-order chi connectivity index (χ0) is 11.4. The molecule has 0 aliphatic heterocycles. The molecule has 1 saturated carbocycles. The maximum atomic E-state index is 5.90. The summed E-state index contributed by atoms with van der Waals surface area (Å²) in [5, 5.41) is 7.41. The third-order valence-electron chi connectivity index (χ3n) is 3.19. The molecule has 1 N–H and O–H groups in total. The van der Waals surface area contributed by atoms with E-state index in [1.807, 2.05) is 17.1 Å². The number of halogens is 1. The number of thioether (sulfide) groups is 1. The van der Waals surface area contributed by atoms with Crippen molar-refractivity contribution in [1.29, 1.82) is 0 Å². The maximum absolute atomic E-state index is 5.90. The molecule has 1 aliphatic rings. The first-order valence-corrected chi connectivity index (χ1v) is 8.31. The average Bonchev–Trinajstić information content (AvgIpc) is 2.73. The van der Waals surface area contributed by atoms with Gasteiger partial charge in [-0.05, 0) is 38.0 Å². The largest absolute Gasteiger partial charge is 0.309 e. The lowest BCUT2D eigenvalue weighted by Crippen LogP contribution is -2.33. The van der Waals surface area contributed by atoms with Gasteiger partial charge in [0.2, 0.25) is 0 Å². The number of thiophene rings is 1. The van der Waals surface area contributed by atoms with Crippen LogP contribution in [0, 0.1) is 0 Å². The van der Waals surface area contributed by atoms with Gasteiger partial charge in [-0.15, -0.1) is 11.3 Å². The minimum absolute atomic E-state index is 0.712. The van der Waals surface area contributed by atoms with Crippen molar-refractivity contribution in [3.05, 3.63) is 21.3 Å². The second-order valence-electron chi connectivity index (χ2n) is 4.32. The molecule has 1 aromatic rings. The molecule has 1 aliphatic carbocycles. The molecule has 1 fully saturated rings. The molecule has 2 rings (SSSR count). The van der Waals surface area contributed by atoms with Gasteiger partial charge in [0.05, 0.1) is 5.02 Å². The summed E-state index contributed by atoms with van der Waals surface area (Å²) >= 11 is 9.67.